The smallest absolute Gasteiger partial charge is 0.324 e. The average molecular weight is 408 g/mol. The lowest BCUT2D eigenvalue weighted by molar-refractivity contribution is -0.126. The van der Waals surface area contributed by atoms with Crippen LogP contribution in [0.1, 0.15) is 30.9 Å². The summed E-state index contributed by atoms with van der Waals surface area (Å²) in [6, 6.07) is 15.7. The van der Waals surface area contributed by atoms with E-state index in [1.807, 2.05) is 59.2 Å². The number of amides is 3. The standard InChI is InChI=1S/C24H29N3O3/c1-17-7-3-4-8-20(17)15-25-23(28)19-11-13-26(14-12-19)24(29)27-16-18(2)30-22-10-6-5-9-21(22)27/h3-10,18-19H,11-16H2,1-2H3,(H,25,28)/t18-/m0/s1. The van der Waals surface area contributed by atoms with Crippen LogP contribution in [0.3, 0.4) is 0 Å². The average Bonchev–Trinajstić information content (AvgIpc) is 2.77. The lowest BCUT2D eigenvalue weighted by atomic mass is 9.96. The van der Waals surface area contributed by atoms with Crippen LogP contribution >= 0.6 is 0 Å². The van der Waals surface area contributed by atoms with Gasteiger partial charge in [0.25, 0.3) is 0 Å². The SMILES string of the molecule is Cc1ccccc1CNC(=O)C1CCN(C(=O)N2C[C@H](C)Oc3ccccc32)CC1. The fourth-order valence-corrected chi connectivity index (χ4v) is 4.21. The van der Waals surface area contributed by atoms with Gasteiger partial charge in [0.05, 0.1) is 12.2 Å². The van der Waals surface area contributed by atoms with Crippen LogP contribution in [0.25, 0.3) is 0 Å². The lowest BCUT2D eigenvalue weighted by Crippen LogP contribution is -2.52. The molecule has 6 heteroatoms. The lowest BCUT2D eigenvalue weighted by Gasteiger charge is -2.39. The second-order valence-electron chi connectivity index (χ2n) is 8.19. The minimum absolute atomic E-state index is 0.00336. The molecule has 4 rings (SSSR count). The molecule has 0 aromatic heterocycles. The van der Waals surface area contributed by atoms with Gasteiger partial charge in [-0.15, -0.1) is 0 Å². The van der Waals surface area contributed by atoms with Gasteiger partial charge in [0.15, 0.2) is 0 Å². The molecule has 2 aliphatic rings. The summed E-state index contributed by atoms with van der Waals surface area (Å²) >= 11 is 0. The first-order chi connectivity index (χ1) is 14.5. The Morgan fingerprint density at radius 2 is 1.77 bits per heavy atom. The first kappa shape index (κ1) is 20.3. The van der Waals surface area contributed by atoms with E-state index in [0.29, 0.717) is 39.0 Å². The summed E-state index contributed by atoms with van der Waals surface area (Å²) in [5.74, 6) is 0.778. The van der Waals surface area contributed by atoms with Crippen molar-refractivity contribution in [3.8, 4) is 5.75 Å². The van der Waals surface area contributed by atoms with Crippen LogP contribution in [0, 0.1) is 12.8 Å². The van der Waals surface area contributed by atoms with Crippen molar-refractivity contribution in [3.05, 3.63) is 59.7 Å². The molecule has 30 heavy (non-hydrogen) atoms. The van der Waals surface area contributed by atoms with Crippen LogP contribution in [-0.4, -0.2) is 42.6 Å². The van der Waals surface area contributed by atoms with Crippen LogP contribution in [0.5, 0.6) is 5.75 Å². The number of nitrogens with zero attached hydrogens (tertiary/aromatic N) is 2. The van der Waals surface area contributed by atoms with Crippen LogP contribution in [0.4, 0.5) is 10.5 Å². The predicted molar refractivity (Wildman–Crippen MR) is 117 cm³/mol. The van der Waals surface area contributed by atoms with Crippen LogP contribution in [0.2, 0.25) is 0 Å². The molecule has 6 nitrogen and oxygen atoms in total. The molecule has 0 saturated carbocycles. The summed E-state index contributed by atoms with van der Waals surface area (Å²) in [5, 5.41) is 3.07. The molecule has 1 N–H and O–H groups in total. The molecule has 1 fully saturated rings. The number of aryl methyl sites for hydroxylation is 1. The number of rotatable bonds is 3. The Morgan fingerprint density at radius 3 is 2.53 bits per heavy atom. The van der Waals surface area contributed by atoms with Crippen molar-refractivity contribution in [2.24, 2.45) is 5.92 Å². The number of para-hydroxylation sites is 2. The zero-order valence-corrected chi connectivity index (χ0v) is 17.6. The van der Waals surface area contributed by atoms with E-state index in [2.05, 4.69) is 18.3 Å². The summed E-state index contributed by atoms with van der Waals surface area (Å²) < 4.78 is 5.85. The summed E-state index contributed by atoms with van der Waals surface area (Å²) in [6.45, 7) is 6.29. The topological polar surface area (TPSA) is 61.9 Å². The monoisotopic (exact) mass is 407 g/mol. The molecule has 1 atom stereocenters. The molecule has 1 saturated heterocycles. The molecule has 0 radical (unpaired) electrons. The summed E-state index contributed by atoms with van der Waals surface area (Å²) in [4.78, 5) is 29.5. The Bertz CT molecular complexity index is 921. The van der Waals surface area contributed by atoms with Crippen molar-refractivity contribution in [1.82, 2.24) is 10.2 Å². The molecule has 0 aliphatic carbocycles. The molecule has 0 spiro atoms. The number of fused-ring (bicyclic) bond motifs is 1. The zero-order chi connectivity index (χ0) is 21.1. The van der Waals surface area contributed by atoms with Crippen LogP contribution in [0.15, 0.2) is 48.5 Å². The molecule has 2 aromatic rings. The number of carbonyl (C=O) groups is 2. The second-order valence-corrected chi connectivity index (χ2v) is 8.19. The third-order valence-corrected chi connectivity index (χ3v) is 6.01. The Labute approximate surface area is 177 Å². The van der Waals surface area contributed by atoms with Crippen molar-refractivity contribution in [2.75, 3.05) is 24.5 Å². The Balaban J connectivity index is 1.33. The number of anilines is 1. The number of ether oxygens (including phenoxy) is 1. The van der Waals surface area contributed by atoms with Gasteiger partial charge in [0.2, 0.25) is 5.91 Å². The number of benzene rings is 2. The van der Waals surface area contributed by atoms with Crippen molar-refractivity contribution in [1.29, 1.82) is 0 Å². The Hall–Kier alpha value is -3.02. The highest BCUT2D eigenvalue weighted by Gasteiger charge is 2.33. The molecule has 3 amide bonds. The van der Waals surface area contributed by atoms with Gasteiger partial charge in [-0.2, -0.15) is 0 Å². The van der Waals surface area contributed by atoms with Crippen molar-refractivity contribution in [3.63, 3.8) is 0 Å². The van der Waals surface area contributed by atoms with Crippen molar-refractivity contribution >= 4 is 17.6 Å². The molecule has 0 unspecified atom stereocenters. The van der Waals surface area contributed by atoms with Crippen LogP contribution < -0.4 is 15.0 Å². The first-order valence-corrected chi connectivity index (χ1v) is 10.7. The highest BCUT2D eigenvalue weighted by Crippen LogP contribution is 2.34. The Morgan fingerprint density at radius 1 is 1.07 bits per heavy atom. The molecule has 0 bridgehead atoms. The van der Waals surface area contributed by atoms with E-state index in [1.165, 1.54) is 5.56 Å². The fourth-order valence-electron chi connectivity index (χ4n) is 4.21. The number of likely N-dealkylation sites (tertiary alicyclic amines) is 1. The van der Waals surface area contributed by atoms with Gasteiger partial charge in [-0.25, -0.2) is 4.79 Å². The number of nitrogens with one attached hydrogen (secondary N) is 1. The number of hydrogen-bond donors (Lipinski definition) is 1. The van der Waals surface area contributed by atoms with Crippen LogP contribution in [-0.2, 0) is 11.3 Å². The van der Waals surface area contributed by atoms with E-state index in [1.54, 1.807) is 0 Å². The third-order valence-electron chi connectivity index (χ3n) is 6.01. The highest BCUT2D eigenvalue weighted by molar-refractivity contribution is 5.94. The van der Waals surface area contributed by atoms with Gasteiger partial charge >= 0.3 is 6.03 Å². The summed E-state index contributed by atoms with van der Waals surface area (Å²) in [7, 11) is 0. The van der Waals surface area contributed by atoms with E-state index in [-0.39, 0.29) is 24.0 Å². The minimum Gasteiger partial charge on any atom is -0.487 e. The third kappa shape index (κ3) is 4.27. The van der Waals surface area contributed by atoms with Gasteiger partial charge in [-0.3, -0.25) is 9.69 Å². The normalized spacial score (nSPS) is 19.1. The van der Waals surface area contributed by atoms with E-state index >= 15 is 0 Å². The number of hydrogen-bond acceptors (Lipinski definition) is 3. The van der Waals surface area contributed by atoms with Gasteiger partial charge in [-0.1, -0.05) is 36.4 Å². The number of carbonyl (C=O) groups excluding carboxylic acids is 2. The second kappa shape index (κ2) is 8.78. The van der Waals surface area contributed by atoms with Crippen molar-refractivity contribution in [2.45, 2.75) is 39.3 Å². The summed E-state index contributed by atoms with van der Waals surface area (Å²) in [6.07, 6.45) is 1.33. The minimum atomic E-state index is -0.0476. The van der Waals surface area contributed by atoms with Crippen molar-refractivity contribution < 1.29 is 14.3 Å². The molecule has 158 valence electrons. The quantitative estimate of drug-likeness (QED) is 0.843. The molecular weight excluding hydrogens is 378 g/mol. The molecular formula is C24H29N3O3. The molecule has 2 heterocycles. The number of urea groups is 1. The largest absolute Gasteiger partial charge is 0.487 e. The van der Waals surface area contributed by atoms with E-state index in [4.69, 9.17) is 4.74 Å². The van der Waals surface area contributed by atoms with E-state index in [0.717, 1.165) is 17.0 Å². The first-order valence-electron chi connectivity index (χ1n) is 10.7. The molecule has 2 aliphatic heterocycles. The Kier molecular flexibility index (Phi) is 5.93. The van der Waals surface area contributed by atoms with Gasteiger partial charge in [-0.05, 0) is 49.9 Å². The maximum atomic E-state index is 13.2. The van der Waals surface area contributed by atoms with Gasteiger partial charge in [0, 0.05) is 25.6 Å². The summed E-state index contributed by atoms with van der Waals surface area (Å²) in [5.41, 5.74) is 3.13. The fraction of sp³-hybridized carbons (Fsp3) is 0.417. The van der Waals surface area contributed by atoms with E-state index in [9.17, 15) is 9.59 Å². The van der Waals surface area contributed by atoms with E-state index < -0.39 is 0 Å². The zero-order valence-electron chi connectivity index (χ0n) is 17.6. The molecule has 2 aromatic carbocycles. The maximum Gasteiger partial charge on any atom is 0.324 e. The predicted octanol–water partition coefficient (Wildman–Crippen LogP) is 3.73. The van der Waals surface area contributed by atoms with Gasteiger partial charge < -0.3 is 15.0 Å². The number of piperidine rings is 1. The van der Waals surface area contributed by atoms with Gasteiger partial charge in [0.1, 0.15) is 11.9 Å². The maximum absolute atomic E-state index is 13.2. The highest BCUT2D eigenvalue weighted by atomic mass is 16.5.